The summed E-state index contributed by atoms with van der Waals surface area (Å²) < 4.78 is 32.7. The summed E-state index contributed by atoms with van der Waals surface area (Å²) in [6, 6.07) is 14.0. The van der Waals surface area contributed by atoms with Gasteiger partial charge in [0.15, 0.2) is 0 Å². The first kappa shape index (κ1) is 23.4. The molecule has 34 heavy (non-hydrogen) atoms. The molecule has 1 aliphatic heterocycles. The molecular formula is C25H20F2N2O4S. The highest BCUT2D eigenvalue weighted by Gasteiger charge is 2.36. The summed E-state index contributed by atoms with van der Waals surface area (Å²) in [4.78, 5) is 38.7. The van der Waals surface area contributed by atoms with Crippen LogP contribution in [0.4, 0.5) is 19.3 Å². The number of thioether (sulfide) groups is 1. The number of nitrogens with zero attached hydrogens (tertiary/aromatic N) is 1. The van der Waals surface area contributed by atoms with Crippen LogP contribution in [0.15, 0.2) is 59.5 Å². The van der Waals surface area contributed by atoms with Crippen molar-refractivity contribution in [2.75, 3.05) is 18.5 Å². The van der Waals surface area contributed by atoms with Crippen LogP contribution >= 0.6 is 11.8 Å². The molecule has 1 N–H and O–H groups in total. The van der Waals surface area contributed by atoms with E-state index in [1.807, 2.05) is 43.3 Å². The monoisotopic (exact) mass is 482 g/mol. The molecule has 9 heteroatoms. The van der Waals surface area contributed by atoms with Crippen LogP contribution in [0.25, 0.3) is 16.8 Å². The van der Waals surface area contributed by atoms with E-state index in [0.29, 0.717) is 35.7 Å². The number of benzene rings is 3. The largest absolute Gasteiger partial charge is 0.493 e. The Morgan fingerprint density at radius 2 is 1.91 bits per heavy atom. The number of carbonyl (C=O) groups is 3. The molecule has 4 rings (SSSR count). The number of ether oxygens (including phenoxy) is 1. The second kappa shape index (κ2) is 10.0. The zero-order valence-electron chi connectivity index (χ0n) is 18.1. The van der Waals surface area contributed by atoms with Crippen LogP contribution in [0.3, 0.4) is 0 Å². The highest BCUT2D eigenvalue weighted by Crippen LogP contribution is 2.37. The summed E-state index contributed by atoms with van der Waals surface area (Å²) >= 11 is 0.710. The number of anilines is 1. The van der Waals surface area contributed by atoms with E-state index >= 15 is 0 Å². The van der Waals surface area contributed by atoms with Crippen molar-refractivity contribution in [1.82, 2.24) is 4.90 Å². The maximum Gasteiger partial charge on any atom is 0.294 e. The van der Waals surface area contributed by atoms with E-state index in [1.54, 1.807) is 6.08 Å². The number of amides is 3. The number of hydrogen-bond acceptors (Lipinski definition) is 5. The van der Waals surface area contributed by atoms with Crippen molar-refractivity contribution < 1.29 is 27.9 Å². The van der Waals surface area contributed by atoms with Crippen molar-refractivity contribution in [2.45, 2.75) is 13.3 Å². The standard InChI is InChI=1S/C25H20F2N2O4S/c1-2-11-33-21-10-7-15-5-3-4-6-17(15)18(21)13-22-24(31)29(25(32)34-22)14-23(30)28-20-9-8-16(26)12-19(20)27/h3-10,12-13H,2,11,14H2,1H3,(H,28,30). The fraction of sp³-hybridized carbons (Fsp3) is 0.160. The van der Waals surface area contributed by atoms with Gasteiger partial charge in [0.05, 0.1) is 17.2 Å². The minimum atomic E-state index is -0.960. The molecule has 3 amide bonds. The molecule has 0 radical (unpaired) electrons. The Morgan fingerprint density at radius 3 is 2.68 bits per heavy atom. The van der Waals surface area contributed by atoms with E-state index in [0.717, 1.165) is 34.2 Å². The van der Waals surface area contributed by atoms with Gasteiger partial charge < -0.3 is 10.1 Å². The Hall–Kier alpha value is -3.72. The Kier molecular flexibility index (Phi) is 6.93. The lowest BCUT2D eigenvalue weighted by atomic mass is 10.0. The SMILES string of the molecule is CCCOc1ccc2ccccc2c1C=C1SC(=O)N(CC(=O)Nc2ccc(F)cc2F)C1=O. The van der Waals surface area contributed by atoms with Crippen molar-refractivity contribution in [2.24, 2.45) is 0 Å². The highest BCUT2D eigenvalue weighted by molar-refractivity contribution is 8.18. The summed E-state index contributed by atoms with van der Waals surface area (Å²) in [7, 11) is 0. The predicted molar refractivity (Wildman–Crippen MR) is 127 cm³/mol. The number of hydrogen-bond donors (Lipinski definition) is 1. The van der Waals surface area contributed by atoms with Crippen molar-refractivity contribution in [1.29, 1.82) is 0 Å². The molecule has 0 unspecified atom stereocenters. The van der Waals surface area contributed by atoms with Crippen molar-refractivity contribution in [3.8, 4) is 5.75 Å². The zero-order chi connectivity index (χ0) is 24.2. The van der Waals surface area contributed by atoms with Gasteiger partial charge in [0, 0.05) is 11.6 Å². The van der Waals surface area contributed by atoms with E-state index in [4.69, 9.17) is 4.74 Å². The summed E-state index contributed by atoms with van der Waals surface area (Å²) in [5.41, 5.74) is 0.414. The lowest BCUT2D eigenvalue weighted by molar-refractivity contribution is -0.127. The number of carbonyl (C=O) groups excluding carboxylic acids is 3. The van der Waals surface area contributed by atoms with Gasteiger partial charge in [-0.25, -0.2) is 8.78 Å². The summed E-state index contributed by atoms with van der Waals surface area (Å²) in [6.45, 7) is 1.86. The average Bonchev–Trinajstić information content (AvgIpc) is 3.07. The minimum Gasteiger partial charge on any atom is -0.493 e. The zero-order valence-corrected chi connectivity index (χ0v) is 19.0. The molecule has 0 bridgehead atoms. The molecular weight excluding hydrogens is 462 g/mol. The number of fused-ring (bicyclic) bond motifs is 1. The van der Waals surface area contributed by atoms with Crippen molar-refractivity contribution >= 4 is 51.4 Å². The molecule has 0 aliphatic carbocycles. The Bertz CT molecular complexity index is 1330. The Labute approximate surface area is 198 Å². The second-order valence-corrected chi connectivity index (χ2v) is 8.48. The third-order valence-corrected chi connectivity index (χ3v) is 5.96. The molecule has 1 saturated heterocycles. The van der Waals surface area contributed by atoms with Crippen LogP contribution in [0.5, 0.6) is 5.75 Å². The number of nitrogens with one attached hydrogen (secondary N) is 1. The second-order valence-electron chi connectivity index (χ2n) is 7.49. The molecule has 0 atom stereocenters. The molecule has 0 spiro atoms. The van der Waals surface area contributed by atoms with E-state index in [-0.39, 0.29) is 10.6 Å². The highest BCUT2D eigenvalue weighted by atomic mass is 32.2. The van der Waals surface area contributed by atoms with Crippen LogP contribution in [0.2, 0.25) is 0 Å². The first-order valence-electron chi connectivity index (χ1n) is 10.5. The predicted octanol–water partition coefficient (Wildman–Crippen LogP) is 5.58. The first-order valence-corrected chi connectivity index (χ1v) is 11.3. The van der Waals surface area contributed by atoms with Gasteiger partial charge in [-0.15, -0.1) is 0 Å². The van der Waals surface area contributed by atoms with E-state index in [2.05, 4.69) is 5.32 Å². The van der Waals surface area contributed by atoms with Gasteiger partial charge in [-0.1, -0.05) is 37.3 Å². The van der Waals surface area contributed by atoms with Crippen LogP contribution in [0, 0.1) is 11.6 Å². The molecule has 6 nitrogen and oxygen atoms in total. The van der Waals surface area contributed by atoms with Gasteiger partial charge in [0.1, 0.15) is 23.9 Å². The van der Waals surface area contributed by atoms with Gasteiger partial charge in [-0.2, -0.15) is 0 Å². The van der Waals surface area contributed by atoms with Crippen LogP contribution < -0.4 is 10.1 Å². The van der Waals surface area contributed by atoms with E-state index in [9.17, 15) is 23.2 Å². The van der Waals surface area contributed by atoms with Crippen LogP contribution in [-0.2, 0) is 9.59 Å². The summed E-state index contributed by atoms with van der Waals surface area (Å²) in [5, 5.41) is 3.42. The molecule has 174 valence electrons. The van der Waals surface area contributed by atoms with Gasteiger partial charge in [-0.05, 0) is 53.2 Å². The van der Waals surface area contributed by atoms with Crippen LogP contribution in [0.1, 0.15) is 18.9 Å². The van der Waals surface area contributed by atoms with E-state index < -0.39 is 35.2 Å². The lowest BCUT2D eigenvalue weighted by Gasteiger charge is -2.13. The van der Waals surface area contributed by atoms with Crippen LogP contribution in [-0.4, -0.2) is 35.1 Å². The fourth-order valence-electron chi connectivity index (χ4n) is 3.45. The number of rotatable bonds is 7. The molecule has 3 aromatic rings. The lowest BCUT2D eigenvalue weighted by Crippen LogP contribution is -2.36. The minimum absolute atomic E-state index is 0.142. The normalized spacial score (nSPS) is 14.8. The van der Waals surface area contributed by atoms with Crippen molar-refractivity contribution in [3.05, 3.63) is 76.7 Å². The molecule has 3 aromatic carbocycles. The third-order valence-electron chi connectivity index (χ3n) is 5.05. The maximum absolute atomic E-state index is 13.8. The van der Waals surface area contributed by atoms with E-state index in [1.165, 1.54) is 0 Å². The average molecular weight is 483 g/mol. The van der Waals surface area contributed by atoms with Crippen molar-refractivity contribution in [3.63, 3.8) is 0 Å². The summed E-state index contributed by atoms with van der Waals surface area (Å²) in [6.07, 6.45) is 2.39. The van der Waals surface area contributed by atoms with Gasteiger partial charge >= 0.3 is 0 Å². The molecule has 0 aromatic heterocycles. The third kappa shape index (κ3) is 4.94. The van der Waals surface area contributed by atoms with Gasteiger partial charge in [0.2, 0.25) is 5.91 Å². The Balaban J connectivity index is 1.58. The quantitative estimate of drug-likeness (QED) is 0.445. The fourth-order valence-corrected chi connectivity index (χ4v) is 4.27. The molecule has 1 heterocycles. The topological polar surface area (TPSA) is 75.7 Å². The molecule has 0 saturated carbocycles. The smallest absolute Gasteiger partial charge is 0.294 e. The number of imide groups is 1. The van der Waals surface area contributed by atoms with Gasteiger partial charge in [0.25, 0.3) is 11.1 Å². The molecule has 1 fully saturated rings. The maximum atomic E-state index is 13.8. The Morgan fingerprint density at radius 1 is 1.12 bits per heavy atom. The summed E-state index contributed by atoms with van der Waals surface area (Å²) in [5.74, 6) is -2.59. The number of halogens is 2. The first-order chi connectivity index (χ1) is 16.4. The molecule has 1 aliphatic rings. The van der Waals surface area contributed by atoms with Gasteiger partial charge in [-0.3, -0.25) is 19.3 Å².